The molecule has 0 aromatic heterocycles. The quantitative estimate of drug-likeness (QED) is 0.469. The molecule has 0 heterocycles. The molecule has 4 saturated carbocycles. The number of aliphatic hydroxyl groups excluding tert-OH is 2. The second-order valence-electron chi connectivity index (χ2n) is 12.8. The number of hydrogen-bond acceptors (Lipinski definition) is 6. The molecule has 10 atom stereocenters. The molecule has 0 amide bonds. The standard InChI is InChI=1S/C29H48O6/c1-5-14-34-27(33)17-35-26(32)11-6-18(2)22-9-10-23-21-8-7-19-15-20(30)12-13-28(19,3)24(21)16-25(31)29(22,23)4/h18-25,30-31H,5-17H2,1-4H3/t18-,19-,20-,21+,22-,23+,24+,25+,28+,29-/m1/s1. The van der Waals surface area contributed by atoms with E-state index in [4.69, 9.17) is 9.47 Å². The van der Waals surface area contributed by atoms with Crippen LogP contribution in [0.4, 0.5) is 0 Å². The second kappa shape index (κ2) is 10.7. The number of rotatable bonds is 8. The summed E-state index contributed by atoms with van der Waals surface area (Å²) in [5, 5.41) is 21.9. The largest absolute Gasteiger partial charge is 0.463 e. The zero-order valence-corrected chi connectivity index (χ0v) is 22.3. The predicted molar refractivity (Wildman–Crippen MR) is 133 cm³/mol. The van der Waals surface area contributed by atoms with Crippen LogP contribution in [0.15, 0.2) is 0 Å². The van der Waals surface area contributed by atoms with Gasteiger partial charge in [-0.2, -0.15) is 0 Å². The van der Waals surface area contributed by atoms with Crippen molar-refractivity contribution in [1.29, 1.82) is 0 Å². The van der Waals surface area contributed by atoms with E-state index in [2.05, 4.69) is 20.8 Å². The van der Waals surface area contributed by atoms with Crippen LogP contribution >= 0.6 is 0 Å². The van der Waals surface area contributed by atoms with Crippen molar-refractivity contribution in [3.8, 4) is 0 Å². The highest BCUT2D eigenvalue weighted by atomic mass is 16.6. The molecule has 4 aliphatic rings. The third-order valence-corrected chi connectivity index (χ3v) is 11.1. The first-order valence-electron chi connectivity index (χ1n) is 14.3. The van der Waals surface area contributed by atoms with Gasteiger partial charge in [-0.1, -0.05) is 27.7 Å². The Morgan fingerprint density at radius 1 is 0.971 bits per heavy atom. The van der Waals surface area contributed by atoms with Crippen LogP contribution in [-0.4, -0.2) is 47.6 Å². The van der Waals surface area contributed by atoms with Gasteiger partial charge in [0.1, 0.15) is 0 Å². The van der Waals surface area contributed by atoms with Crippen LogP contribution in [0.3, 0.4) is 0 Å². The lowest BCUT2D eigenvalue weighted by Gasteiger charge is -2.62. The molecular weight excluding hydrogens is 444 g/mol. The topological polar surface area (TPSA) is 93.1 Å². The Balaban J connectivity index is 1.36. The third kappa shape index (κ3) is 5.03. The molecule has 4 aliphatic carbocycles. The molecule has 0 saturated heterocycles. The normalized spacial score (nSPS) is 43.4. The first-order chi connectivity index (χ1) is 16.6. The van der Waals surface area contributed by atoms with Gasteiger partial charge < -0.3 is 19.7 Å². The first kappa shape index (κ1) is 26.9. The molecule has 0 aromatic rings. The van der Waals surface area contributed by atoms with E-state index in [9.17, 15) is 19.8 Å². The molecule has 6 heteroatoms. The van der Waals surface area contributed by atoms with Crippen molar-refractivity contribution in [1.82, 2.24) is 0 Å². The van der Waals surface area contributed by atoms with Gasteiger partial charge >= 0.3 is 11.9 Å². The molecule has 35 heavy (non-hydrogen) atoms. The zero-order valence-electron chi connectivity index (χ0n) is 22.3. The number of hydrogen-bond donors (Lipinski definition) is 2. The lowest BCUT2D eigenvalue weighted by atomic mass is 9.43. The molecular formula is C29H48O6. The Labute approximate surface area is 211 Å². The Bertz CT molecular complexity index is 768. The number of aliphatic hydroxyl groups is 2. The second-order valence-corrected chi connectivity index (χ2v) is 12.8. The Morgan fingerprint density at radius 3 is 2.49 bits per heavy atom. The summed E-state index contributed by atoms with van der Waals surface area (Å²) in [5.41, 5.74) is 0.141. The lowest BCUT2D eigenvalue weighted by Crippen LogP contribution is -2.58. The Morgan fingerprint density at radius 2 is 1.74 bits per heavy atom. The average Bonchev–Trinajstić information content (AvgIpc) is 3.19. The predicted octanol–water partition coefficient (Wildman–Crippen LogP) is 4.89. The molecule has 0 radical (unpaired) electrons. The van der Waals surface area contributed by atoms with Gasteiger partial charge in [0.2, 0.25) is 0 Å². The zero-order chi connectivity index (χ0) is 25.4. The van der Waals surface area contributed by atoms with E-state index < -0.39 is 5.97 Å². The smallest absolute Gasteiger partial charge is 0.344 e. The van der Waals surface area contributed by atoms with E-state index in [1.807, 2.05) is 6.92 Å². The number of esters is 2. The van der Waals surface area contributed by atoms with Crippen molar-refractivity contribution in [3.05, 3.63) is 0 Å². The number of carbonyl (C=O) groups excluding carboxylic acids is 2. The van der Waals surface area contributed by atoms with Crippen molar-refractivity contribution in [2.75, 3.05) is 13.2 Å². The van der Waals surface area contributed by atoms with Crippen LogP contribution < -0.4 is 0 Å². The molecule has 0 spiro atoms. The summed E-state index contributed by atoms with van der Waals surface area (Å²) >= 11 is 0. The SMILES string of the molecule is CCCOC(=O)COC(=O)CC[C@@H](C)[C@H]1CC[C@H]2[C@@H]3CC[C@@H]4C[C@H](O)CC[C@]4(C)[C@H]3C[C@H](O)[C@]12C. The van der Waals surface area contributed by atoms with E-state index >= 15 is 0 Å². The number of fused-ring (bicyclic) bond motifs is 5. The van der Waals surface area contributed by atoms with E-state index in [0.717, 1.165) is 38.5 Å². The fourth-order valence-corrected chi connectivity index (χ4v) is 9.18. The van der Waals surface area contributed by atoms with E-state index in [1.54, 1.807) is 0 Å². The third-order valence-electron chi connectivity index (χ3n) is 11.1. The van der Waals surface area contributed by atoms with Crippen molar-refractivity contribution in [2.24, 2.45) is 46.3 Å². The van der Waals surface area contributed by atoms with Crippen molar-refractivity contribution in [2.45, 2.75) is 111 Å². The van der Waals surface area contributed by atoms with E-state index in [0.29, 0.717) is 55.0 Å². The van der Waals surface area contributed by atoms with Crippen LogP contribution in [-0.2, 0) is 19.1 Å². The van der Waals surface area contributed by atoms with Crippen LogP contribution in [0.1, 0.15) is 98.3 Å². The maximum atomic E-state index is 12.3. The molecule has 2 N–H and O–H groups in total. The van der Waals surface area contributed by atoms with Gasteiger partial charge in [0.05, 0.1) is 18.8 Å². The summed E-state index contributed by atoms with van der Waals surface area (Å²) < 4.78 is 10.1. The van der Waals surface area contributed by atoms with Gasteiger partial charge in [0.15, 0.2) is 6.61 Å². The summed E-state index contributed by atoms with van der Waals surface area (Å²) in [6.45, 7) is 8.96. The molecule has 200 valence electrons. The van der Waals surface area contributed by atoms with E-state index in [1.165, 1.54) is 19.3 Å². The van der Waals surface area contributed by atoms with Gasteiger partial charge in [0, 0.05) is 6.42 Å². The monoisotopic (exact) mass is 492 g/mol. The minimum atomic E-state index is -0.491. The number of carbonyl (C=O) groups is 2. The average molecular weight is 493 g/mol. The van der Waals surface area contributed by atoms with Gasteiger partial charge in [-0.25, -0.2) is 4.79 Å². The molecule has 0 unspecified atom stereocenters. The molecule has 0 bridgehead atoms. The Hall–Kier alpha value is -1.14. The maximum Gasteiger partial charge on any atom is 0.344 e. The lowest BCUT2D eigenvalue weighted by molar-refractivity contribution is -0.175. The van der Waals surface area contributed by atoms with Crippen molar-refractivity contribution in [3.63, 3.8) is 0 Å². The minimum Gasteiger partial charge on any atom is -0.463 e. The van der Waals surface area contributed by atoms with Crippen LogP contribution in [0.25, 0.3) is 0 Å². The van der Waals surface area contributed by atoms with Crippen LogP contribution in [0.5, 0.6) is 0 Å². The molecule has 0 aromatic carbocycles. The van der Waals surface area contributed by atoms with Crippen molar-refractivity contribution >= 4 is 11.9 Å². The van der Waals surface area contributed by atoms with Gasteiger partial charge in [-0.05, 0) is 111 Å². The summed E-state index contributed by atoms with van der Waals surface area (Å²) in [4.78, 5) is 23.8. The summed E-state index contributed by atoms with van der Waals surface area (Å²) in [7, 11) is 0. The highest BCUT2D eigenvalue weighted by Gasteiger charge is 2.63. The first-order valence-corrected chi connectivity index (χ1v) is 14.3. The van der Waals surface area contributed by atoms with Crippen molar-refractivity contribution < 1.29 is 29.3 Å². The highest BCUT2D eigenvalue weighted by molar-refractivity contribution is 5.76. The summed E-state index contributed by atoms with van der Waals surface area (Å²) in [6.07, 6.45) is 9.82. The highest BCUT2D eigenvalue weighted by Crippen LogP contribution is 2.68. The Kier molecular flexibility index (Phi) is 8.22. The summed E-state index contributed by atoms with van der Waals surface area (Å²) in [5.74, 6) is 2.21. The maximum absolute atomic E-state index is 12.3. The van der Waals surface area contributed by atoms with E-state index in [-0.39, 0.29) is 35.6 Å². The molecule has 6 nitrogen and oxygen atoms in total. The minimum absolute atomic E-state index is 0.105. The molecule has 4 fully saturated rings. The molecule has 4 rings (SSSR count). The van der Waals surface area contributed by atoms with Crippen LogP contribution in [0.2, 0.25) is 0 Å². The number of ether oxygens (including phenoxy) is 2. The van der Waals surface area contributed by atoms with Crippen LogP contribution in [0, 0.1) is 46.3 Å². The summed E-state index contributed by atoms with van der Waals surface area (Å²) in [6, 6.07) is 0. The fraction of sp³-hybridized carbons (Fsp3) is 0.931. The molecule has 0 aliphatic heterocycles. The van der Waals surface area contributed by atoms with Gasteiger partial charge in [0.25, 0.3) is 0 Å². The van der Waals surface area contributed by atoms with Gasteiger partial charge in [-0.3, -0.25) is 4.79 Å². The fourth-order valence-electron chi connectivity index (χ4n) is 9.18. The van der Waals surface area contributed by atoms with Gasteiger partial charge in [-0.15, -0.1) is 0 Å².